The van der Waals surface area contributed by atoms with Gasteiger partial charge in [-0.15, -0.1) is 0 Å². The van der Waals surface area contributed by atoms with Crippen molar-refractivity contribution >= 4 is 33.2 Å². The van der Waals surface area contributed by atoms with Crippen LogP contribution in [0, 0.1) is 24.7 Å². The molecule has 1 heterocycles. The van der Waals surface area contributed by atoms with Gasteiger partial charge in [-0.3, -0.25) is 9.59 Å². The van der Waals surface area contributed by atoms with Crippen LogP contribution in [0.25, 0.3) is 0 Å². The number of hydrogen-bond donors (Lipinski definition) is 2. The Labute approximate surface area is 207 Å². The second-order valence-corrected chi connectivity index (χ2v) is 11.8. The van der Waals surface area contributed by atoms with Crippen LogP contribution in [-0.4, -0.2) is 44.7 Å². The fourth-order valence-electron chi connectivity index (χ4n) is 4.58. The zero-order valence-corrected chi connectivity index (χ0v) is 21.4. The van der Waals surface area contributed by atoms with Gasteiger partial charge in [-0.2, -0.15) is 4.31 Å². The van der Waals surface area contributed by atoms with E-state index in [-0.39, 0.29) is 39.9 Å². The zero-order valence-electron chi connectivity index (χ0n) is 20.6. The molecule has 2 N–H and O–H groups in total. The van der Waals surface area contributed by atoms with Crippen molar-refractivity contribution in [2.75, 3.05) is 30.8 Å². The van der Waals surface area contributed by atoms with Gasteiger partial charge in [0.05, 0.1) is 7.11 Å². The van der Waals surface area contributed by atoms with Gasteiger partial charge >= 0.3 is 0 Å². The molecule has 2 aliphatic rings. The van der Waals surface area contributed by atoms with Crippen LogP contribution >= 0.6 is 0 Å². The molecule has 2 atom stereocenters. The van der Waals surface area contributed by atoms with E-state index in [2.05, 4.69) is 10.6 Å². The highest BCUT2D eigenvalue weighted by Gasteiger charge is 2.34. The number of carbonyl (C=O) groups is 2. The number of nitrogens with one attached hydrogen (secondary N) is 2. The fourth-order valence-corrected chi connectivity index (χ4v) is 6.44. The van der Waals surface area contributed by atoms with E-state index in [9.17, 15) is 18.0 Å². The Hall–Kier alpha value is -2.91. The first kappa shape index (κ1) is 25.2. The van der Waals surface area contributed by atoms with Crippen LogP contribution in [-0.2, 0) is 14.8 Å². The molecule has 0 bridgehead atoms. The molecule has 2 amide bonds. The van der Waals surface area contributed by atoms with Crippen molar-refractivity contribution in [1.29, 1.82) is 0 Å². The monoisotopic (exact) mass is 499 g/mol. The third kappa shape index (κ3) is 5.67. The fraction of sp³-hybridized carbons (Fsp3) is 0.462. The van der Waals surface area contributed by atoms with Gasteiger partial charge in [0, 0.05) is 35.9 Å². The molecule has 9 heteroatoms. The van der Waals surface area contributed by atoms with Gasteiger partial charge < -0.3 is 15.4 Å². The maximum absolute atomic E-state index is 13.5. The largest absolute Gasteiger partial charge is 0.495 e. The molecule has 188 valence electrons. The van der Waals surface area contributed by atoms with E-state index in [0.717, 1.165) is 24.8 Å². The third-order valence-electron chi connectivity index (χ3n) is 6.58. The van der Waals surface area contributed by atoms with Gasteiger partial charge in [0.1, 0.15) is 10.6 Å². The lowest BCUT2D eigenvalue weighted by Gasteiger charge is -2.34. The van der Waals surface area contributed by atoms with Crippen molar-refractivity contribution in [3.8, 4) is 5.75 Å². The number of amides is 2. The van der Waals surface area contributed by atoms with Crippen LogP contribution < -0.4 is 15.4 Å². The first-order chi connectivity index (χ1) is 16.6. The smallest absolute Gasteiger partial charge is 0.255 e. The van der Waals surface area contributed by atoms with Crippen LogP contribution in [0.15, 0.2) is 41.3 Å². The molecule has 0 spiro atoms. The minimum absolute atomic E-state index is 0.0162. The van der Waals surface area contributed by atoms with Gasteiger partial charge in [0.25, 0.3) is 5.91 Å². The molecule has 0 aromatic heterocycles. The molecule has 2 aromatic carbocycles. The molecule has 0 radical (unpaired) electrons. The highest BCUT2D eigenvalue weighted by Crippen LogP contribution is 2.33. The lowest BCUT2D eigenvalue weighted by molar-refractivity contribution is -0.117. The van der Waals surface area contributed by atoms with E-state index in [1.54, 1.807) is 18.2 Å². The molecule has 1 saturated heterocycles. The molecule has 1 aliphatic carbocycles. The summed E-state index contributed by atoms with van der Waals surface area (Å²) in [7, 11) is -2.43. The van der Waals surface area contributed by atoms with Gasteiger partial charge in [0.2, 0.25) is 15.9 Å². The second-order valence-electron chi connectivity index (χ2n) is 9.88. The van der Waals surface area contributed by atoms with Gasteiger partial charge in [-0.1, -0.05) is 19.9 Å². The Morgan fingerprint density at radius 2 is 1.69 bits per heavy atom. The average Bonchev–Trinajstić information content (AvgIpc) is 3.66. The number of anilines is 2. The van der Waals surface area contributed by atoms with Gasteiger partial charge in [-0.25, -0.2) is 8.42 Å². The number of rotatable bonds is 7. The van der Waals surface area contributed by atoms with Crippen molar-refractivity contribution in [3.63, 3.8) is 0 Å². The first-order valence-electron chi connectivity index (χ1n) is 12.0. The first-order valence-corrected chi connectivity index (χ1v) is 13.4. The number of benzene rings is 2. The number of sulfonamides is 1. The van der Waals surface area contributed by atoms with Crippen molar-refractivity contribution in [2.24, 2.45) is 17.8 Å². The van der Waals surface area contributed by atoms with Gasteiger partial charge in [0.15, 0.2) is 0 Å². The molecule has 2 unspecified atom stereocenters. The van der Waals surface area contributed by atoms with Crippen LogP contribution in [0.1, 0.15) is 49.0 Å². The highest BCUT2D eigenvalue weighted by molar-refractivity contribution is 7.89. The molecule has 1 aliphatic heterocycles. The molecule has 2 aromatic rings. The van der Waals surface area contributed by atoms with Crippen molar-refractivity contribution in [3.05, 3.63) is 47.5 Å². The number of ether oxygens (including phenoxy) is 1. The topological polar surface area (TPSA) is 105 Å². The van der Waals surface area contributed by atoms with Crippen molar-refractivity contribution in [1.82, 2.24) is 4.31 Å². The Kier molecular flexibility index (Phi) is 7.19. The lowest BCUT2D eigenvalue weighted by Crippen LogP contribution is -2.42. The van der Waals surface area contributed by atoms with Crippen LogP contribution in [0.4, 0.5) is 11.4 Å². The minimum Gasteiger partial charge on any atom is -0.495 e. The molecular weight excluding hydrogens is 466 g/mol. The van der Waals surface area contributed by atoms with Crippen molar-refractivity contribution in [2.45, 2.75) is 44.9 Å². The van der Waals surface area contributed by atoms with E-state index in [1.807, 2.05) is 26.8 Å². The SMILES string of the molecule is COc1ccc(C(=O)Nc2cc(NC(=O)C3CC3)ccc2C)cc1S(=O)(=O)N1CC(C)CC(C)C1. The summed E-state index contributed by atoms with van der Waals surface area (Å²) in [5.41, 5.74) is 2.17. The predicted octanol–water partition coefficient (Wildman–Crippen LogP) is 4.27. The summed E-state index contributed by atoms with van der Waals surface area (Å²) in [5, 5.41) is 5.74. The van der Waals surface area contributed by atoms with E-state index < -0.39 is 15.9 Å². The standard InChI is InChI=1S/C26H33N3O5S/c1-16-11-17(2)15-29(14-16)35(32,33)24-12-20(8-10-23(24)34-4)26(31)28-22-13-21(9-5-18(22)3)27-25(30)19-6-7-19/h5,8-10,12-13,16-17,19H,6-7,11,14-15H2,1-4H3,(H,27,30)(H,28,31). The summed E-state index contributed by atoms with van der Waals surface area (Å²) >= 11 is 0. The second kappa shape index (κ2) is 9.99. The average molecular weight is 500 g/mol. The Balaban J connectivity index is 1.58. The number of hydrogen-bond acceptors (Lipinski definition) is 5. The summed E-state index contributed by atoms with van der Waals surface area (Å²) in [6, 6.07) is 9.76. The normalized spacial score (nSPS) is 20.8. The number of methoxy groups -OCH3 is 1. The van der Waals surface area contributed by atoms with E-state index >= 15 is 0 Å². The van der Waals surface area contributed by atoms with E-state index in [4.69, 9.17) is 4.74 Å². The number of piperidine rings is 1. The summed E-state index contributed by atoms with van der Waals surface area (Å²) < 4.78 is 33.9. The van der Waals surface area contributed by atoms with Crippen LogP contribution in [0.2, 0.25) is 0 Å². The number of nitrogens with zero attached hydrogens (tertiary/aromatic N) is 1. The maximum atomic E-state index is 13.5. The summed E-state index contributed by atoms with van der Waals surface area (Å²) in [6.45, 7) is 6.81. The number of aryl methyl sites for hydroxylation is 1. The van der Waals surface area contributed by atoms with Gasteiger partial charge in [-0.05, 0) is 73.9 Å². The van der Waals surface area contributed by atoms with Crippen molar-refractivity contribution < 1.29 is 22.7 Å². The molecule has 8 nitrogen and oxygen atoms in total. The molecule has 4 rings (SSSR count). The quantitative estimate of drug-likeness (QED) is 0.592. The number of carbonyl (C=O) groups excluding carboxylic acids is 2. The molecule has 2 fully saturated rings. The minimum atomic E-state index is -3.85. The van der Waals surface area contributed by atoms with E-state index in [1.165, 1.54) is 23.5 Å². The third-order valence-corrected chi connectivity index (χ3v) is 8.43. The zero-order chi connectivity index (χ0) is 25.3. The Morgan fingerprint density at radius 3 is 2.31 bits per heavy atom. The molecule has 35 heavy (non-hydrogen) atoms. The highest BCUT2D eigenvalue weighted by atomic mass is 32.2. The predicted molar refractivity (Wildman–Crippen MR) is 135 cm³/mol. The molecular formula is C26H33N3O5S. The van der Waals surface area contributed by atoms with E-state index in [0.29, 0.717) is 24.5 Å². The van der Waals surface area contributed by atoms with Crippen LogP contribution in [0.5, 0.6) is 5.75 Å². The maximum Gasteiger partial charge on any atom is 0.255 e. The summed E-state index contributed by atoms with van der Waals surface area (Å²) in [4.78, 5) is 25.2. The Bertz CT molecular complexity index is 1230. The molecule has 1 saturated carbocycles. The van der Waals surface area contributed by atoms with Crippen LogP contribution in [0.3, 0.4) is 0 Å². The Morgan fingerprint density at radius 1 is 1.00 bits per heavy atom. The lowest BCUT2D eigenvalue weighted by atomic mass is 9.94. The summed E-state index contributed by atoms with van der Waals surface area (Å²) in [6.07, 6.45) is 2.78. The summed E-state index contributed by atoms with van der Waals surface area (Å²) in [5.74, 6) is 0.312.